The molecule has 0 amide bonds. The van der Waals surface area contributed by atoms with Crippen LogP contribution in [0.3, 0.4) is 0 Å². The normalized spacial score (nSPS) is 13.3. The molecule has 0 spiro atoms. The first-order valence-electron chi connectivity index (χ1n) is 6.37. The van der Waals surface area contributed by atoms with Crippen molar-refractivity contribution in [1.82, 2.24) is 0 Å². The average molecular weight is 416 g/mol. The van der Waals surface area contributed by atoms with E-state index in [9.17, 15) is 53.5 Å². The maximum absolute atomic E-state index is 12.7. The lowest BCUT2D eigenvalue weighted by atomic mass is 10.2. The van der Waals surface area contributed by atoms with Gasteiger partial charge in [-0.3, -0.25) is 0 Å². The van der Waals surface area contributed by atoms with Gasteiger partial charge >= 0.3 is 36.1 Å². The zero-order chi connectivity index (χ0) is 21.3. The maximum atomic E-state index is 12.7. The van der Waals surface area contributed by atoms with Crippen LogP contribution in [0.2, 0.25) is 0 Å². The fourth-order valence-electron chi connectivity index (χ4n) is 1.34. The minimum absolute atomic E-state index is 0.443. The Kier molecular flexibility index (Phi) is 6.02. The van der Waals surface area contributed by atoms with Crippen LogP contribution in [0, 0.1) is 0 Å². The van der Waals surface area contributed by atoms with Crippen LogP contribution in [0.15, 0.2) is 24.3 Å². The number of alkyl halides is 10. The summed E-state index contributed by atoms with van der Waals surface area (Å²) >= 11 is 0. The molecule has 0 fully saturated rings. The van der Waals surface area contributed by atoms with Crippen molar-refractivity contribution >= 4 is 11.9 Å². The molecule has 1 aromatic rings. The van der Waals surface area contributed by atoms with Gasteiger partial charge in [0.05, 0.1) is 0 Å². The van der Waals surface area contributed by atoms with Gasteiger partial charge in [-0.25, -0.2) is 9.59 Å². The van der Waals surface area contributed by atoms with E-state index in [4.69, 9.17) is 0 Å². The van der Waals surface area contributed by atoms with Gasteiger partial charge in [0.1, 0.15) is 12.4 Å². The Morgan fingerprint density at radius 3 is 1.74 bits per heavy atom. The summed E-state index contributed by atoms with van der Waals surface area (Å²) in [6.07, 6.45) is -12.5. The van der Waals surface area contributed by atoms with Crippen molar-refractivity contribution in [1.29, 1.82) is 0 Å². The molecule has 14 heteroatoms. The van der Waals surface area contributed by atoms with Gasteiger partial charge in [0.2, 0.25) is 0 Å². The van der Waals surface area contributed by atoms with E-state index in [-0.39, 0.29) is 0 Å². The Balaban J connectivity index is 2.84. The predicted molar refractivity (Wildman–Crippen MR) is 63.9 cm³/mol. The maximum Gasteiger partial charge on any atom is 0.465 e. The second-order valence-electron chi connectivity index (χ2n) is 4.76. The molecular weight excluding hydrogens is 410 g/mol. The fourth-order valence-corrected chi connectivity index (χ4v) is 1.34. The highest BCUT2D eigenvalue weighted by Crippen LogP contribution is 2.37. The number of rotatable bonds is 5. The number of esters is 2. The minimum Gasteiger partial charge on any atom is -0.456 e. The summed E-state index contributed by atoms with van der Waals surface area (Å²) in [5.41, 5.74) is -0.443. The monoisotopic (exact) mass is 416 g/mol. The van der Waals surface area contributed by atoms with Crippen LogP contribution >= 0.6 is 0 Å². The average Bonchev–Trinajstić information content (AvgIpc) is 2.50. The van der Waals surface area contributed by atoms with Gasteiger partial charge in [-0.15, -0.1) is 0 Å². The van der Waals surface area contributed by atoms with Gasteiger partial charge in [0.15, 0.2) is 0 Å². The summed E-state index contributed by atoms with van der Waals surface area (Å²) in [6, 6.07) is 3.00. The first-order chi connectivity index (χ1) is 12.0. The van der Waals surface area contributed by atoms with Crippen molar-refractivity contribution < 1.29 is 63.0 Å². The van der Waals surface area contributed by atoms with Gasteiger partial charge in [-0.2, -0.15) is 43.9 Å². The second kappa shape index (κ2) is 7.23. The molecule has 0 saturated heterocycles. The molecule has 0 aliphatic rings. The molecule has 0 bridgehead atoms. The van der Waals surface area contributed by atoms with Gasteiger partial charge in [-0.05, 0) is 17.7 Å². The fraction of sp³-hybridized carbons (Fsp3) is 0.385. The highest BCUT2D eigenvalue weighted by molar-refractivity contribution is 5.81. The number of carbonyl (C=O) groups is 2. The molecule has 0 aliphatic carbocycles. The zero-order valence-electron chi connectivity index (χ0n) is 12.4. The van der Waals surface area contributed by atoms with Crippen molar-refractivity contribution in [2.75, 3.05) is 0 Å². The third kappa shape index (κ3) is 5.01. The van der Waals surface area contributed by atoms with Crippen LogP contribution in [0.1, 0.15) is 5.56 Å². The predicted octanol–water partition coefficient (Wildman–Crippen LogP) is 4.03. The first-order valence-corrected chi connectivity index (χ1v) is 6.37. The molecule has 1 aromatic carbocycles. The van der Waals surface area contributed by atoms with Crippen molar-refractivity contribution in [3.05, 3.63) is 29.8 Å². The van der Waals surface area contributed by atoms with Crippen molar-refractivity contribution in [3.63, 3.8) is 0 Å². The van der Waals surface area contributed by atoms with Gasteiger partial charge in [0, 0.05) is 0 Å². The first kappa shape index (κ1) is 22.5. The number of carbonyl (C=O) groups excluding carboxylic acids is 2. The molecule has 27 heavy (non-hydrogen) atoms. The second-order valence-corrected chi connectivity index (χ2v) is 4.76. The van der Waals surface area contributed by atoms with Crippen LogP contribution in [0.5, 0.6) is 5.75 Å². The lowest BCUT2D eigenvalue weighted by Crippen LogP contribution is -2.46. The minimum atomic E-state index is -6.25. The molecular formula is C13H6F10O4. The van der Waals surface area contributed by atoms with Crippen LogP contribution in [0.4, 0.5) is 43.9 Å². The molecule has 0 aliphatic heterocycles. The summed E-state index contributed by atoms with van der Waals surface area (Å²) in [5.74, 6) is -18.6. The van der Waals surface area contributed by atoms with Gasteiger partial charge < -0.3 is 9.47 Å². The molecule has 1 rings (SSSR count). The molecule has 0 N–H and O–H groups in total. The summed E-state index contributed by atoms with van der Waals surface area (Å²) in [7, 11) is 0. The smallest absolute Gasteiger partial charge is 0.456 e. The Hall–Kier alpha value is -2.54. The van der Waals surface area contributed by atoms with E-state index >= 15 is 0 Å². The van der Waals surface area contributed by atoms with Crippen LogP contribution in [0.25, 0.3) is 0 Å². The Labute approximate surface area is 142 Å². The molecule has 152 valence electrons. The quantitative estimate of drug-likeness (QED) is 0.413. The van der Waals surface area contributed by atoms with Crippen molar-refractivity contribution in [2.24, 2.45) is 0 Å². The summed E-state index contributed by atoms with van der Waals surface area (Å²) in [6.45, 7) is -1.24. The molecule has 4 nitrogen and oxygen atoms in total. The number of hydrogen-bond acceptors (Lipinski definition) is 4. The zero-order valence-corrected chi connectivity index (χ0v) is 12.4. The van der Waals surface area contributed by atoms with E-state index in [1.807, 2.05) is 0 Å². The van der Waals surface area contributed by atoms with Gasteiger partial charge in [-0.1, -0.05) is 12.1 Å². The third-order valence-electron chi connectivity index (χ3n) is 2.70. The number of ether oxygens (including phenoxy) is 2. The number of hydrogen-bond donors (Lipinski definition) is 0. The van der Waals surface area contributed by atoms with Crippen LogP contribution < -0.4 is 4.74 Å². The van der Waals surface area contributed by atoms with E-state index in [2.05, 4.69) is 9.47 Å². The summed E-state index contributed by atoms with van der Waals surface area (Å²) in [5, 5.41) is 0. The summed E-state index contributed by atoms with van der Waals surface area (Å²) in [4.78, 5) is 21.7. The highest BCUT2D eigenvalue weighted by atomic mass is 19.4. The standard InChI is InChI=1S/C13H6F10O4/c14-10(15,12(18,19)20)8(24)26-5-6-2-1-3-7(4-6)27-9(25)11(16,17)13(21,22)23/h1-4H,5H2. The van der Waals surface area contributed by atoms with E-state index in [1.165, 1.54) is 0 Å². The Bertz CT molecular complexity index is 708. The van der Waals surface area contributed by atoms with E-state index in [0.717, 1.165) is 12.1 Å². The molecule has 0 unspecified atom stereocenters. The van der Waals surface area contributed by atoms with Crippen molar-refractivity contribution in [3.8, 4) is 5.75 Å². The highest BCUT2D eigenvalue weighted by Gasteiger charge is 2.65. The van der Waals surface area contributed by atoms with Crippen LogP contribution in [-0.4, -0.2) is 36.1 Å². The largest absolute Gasteiger partial charge is 0.465 e. The Morgan fingerprint density at radius 1 is 0.778 bits per heavy atom. The summed E-state index contributed by atoms with van der Waals surface area (Å²) < 4.78 is 130. The molecule has 0 saturated carbocycles. The molecule has 0 aromatic heterocycles. The lowest BCUT2D eigenvalue weighted by molar-refractivity contribution is -0.281. The van der Waals surface area contributed by atoms with Gasteiger partial charge in [0.25, 0.3) is 0 Å². The molecule has 0 heterocycles. The molecule has 0 atom stereocenters. The van der Waals surface area contributed by atoms with E-state index in [1.54, 1.807) is 0 Å². The van der Waals surface area contributed by atoms with Crippen molar-refractivity contribution in [2.45, 2.75) is 30.8 Å². The third-order valence-corrected chi connectivity index (χ3v) is 2.70. The van der Waals surface area contributed by atoms with E-state index in [0.29, 0.717) is 12.1 Å². The Morgan fingerprint density at radius 2 is 1.26 bits per heavy atom. The number of benzene rings is 1. The lowest BCUT2D eigenvalue weighted by Gasteiger charge is -2.18. The topological polar surface area (TPSA) is 52.6 Å². The SMILES string of the molecule is O=C(OCc1cccc(OC(=O)C(F)(F)C(F)(F)F)c1)C(F)(F)C(F)(F)F. The van der Waals surface area contributed by atoms with E-state index < -0.39 is 54.1 Å². The molecule has 0 radical (unpaired) electrons. The number of halogens is 10. The van der Waals surface area contributed by atoms with Crippen LogP contribution in [-0.2, 0) is 20.9 Å².